The van der Waals surface area contributed by atoms with Crippen molar-refractivity contribution in [2.24, 2.45) is 0 Å². The molecule has 3 rings (SSSR count). The van der Waals surface area contributed by atoms with E-state index < -0.39 is 0 Å². The number of ether oxygens (including phenoxy) is 1. The van der Waals surface area contributed by atoms with Gasteiger partial charge in [-0.2, -0.15) is 0 Å². The van der Waals surface area contributed by atoms with Crippen LogP contribution in [-0.4, -0.2) is 28.1 Å². The molecule has 6 nitrogen and oxygen atoms in total. The first kappa shape index (κ1) is 15.6. The molecule has 0 aliphatic rings. The van der Waals surface area contributed by atoms with Crippen LogP contribution < -0.4 is 10.2 Å². The summed E-state index contributed by atoms with van der Waals surface area (Å²) in [6, 6.07) is 9.08. The molecule has 0 bridgehead atoms. The summed E-state index contributed by atoms with van der Waals surface area (Å²) >= 11 is 0. The summed E-state index contributed by atoms with van der Waals surface area (Å²) in [7, 11) is 1.35. The zero-order valence-electron chi connectivity index (χ0n) is 13.1. The molecule has 0 unspecified atom stereocenters. The highest BCUT2D eigenvalue weighted by Gasteiger charge is 2.19. The number of fused-ring (bicyclic) bond motifs is 1. The van der Waals surface area contributed by atoms with Crippen LogP contribution in [0, 0.1) is 0 Å². The lowest BCUT2D eigenvalue weighted by Crippen LogP contribution is -2.07. The number of carbonyl (C=O) groups is 1. The lowest BCUT2D eigenvalue weighted by Gasteiger charge is -2.12. The van der Waals surface area contributed by atoms with Gasteiger partial charge in [0.15, 0.2) is 22.7 Å². The Kier molecular flexibility index (Phi) is 3.73. The average molecular weight is 325 g/mol. The molecule has 0 saturated heterocycles. The minimum atomic E-state index is -0.366. The molecule has 24 heavy (non-hydrogen) atoms. The van der Waals surface area contributed by atoms with E-state index in [4.69, 9.17) is 4.74 Å². The zero-order chi connectivity index (χ0) is 17.4. The van der Waals surface area contributed by atoms with E-state index in [0.29, 0.717) is 16.8 Å². The first-order chi connectivity index (χ1) is 11.4. The molecular formula is C18H15NO5. The summed E-state index contributed by atoms with van der Waals surface area (Å²) in [4.78, 5) is 27.2. The van der Waals surface area contributed by atoms with Crippen molar-refractivity contribution in [1.82, 2.24) is 4.98 Å². The summed E-state index contributed by atoms with van der Waals surface area (Å²) in [6.07, 6.45) is 0. The van der Waals surface area contributed by atoms with Crippen LogP contribution >= 0.6 is 0 Å². The number of phenols is 2. The molecular weight excluding hydrogens is 310 g/mol. The van der Waals surface area contributed by atoms with Gasteiger partial charge >= 0.3 is 0 Å². The van der Waals surface area contributed by atoms with Crippen LogP contribution in [0.1, 0.15) is 17.3 Å². The number of rotatable bonds is 3. The first-order valence-electron chi connectivity index (χ1n) is 7.19. The highest BCUT2D eigenvalue weighted by Crippen LogP contribution is 2.37. The highest BCUT2D eigenvalue weighted by molar-refractivity contribution is 6.03. The fourth-order valence-electron chi connectivity index (χ4n) is 2.61. The number of nitrogens with one attached hydrogen (secondary N) is 1. The van der Waals surface area contributed by atoms with Crippen molar-refractivity contribution >= 4 is 16.7 Å². The summed E-state index contributed by atoms with van der Waals surface area (Å²) in [5, 5.41) is 19.9. The third kappa shape index (κ3) is 2.48. The van der Waals surface area contributed by atoms with Crippen LogP contribution in [0.15, 0.2) is 41.2 Å². The summed E-state index contributed by atoms with van der Waals surface area (Å²) in [6.45, 7) is 1.30. The molecule has 122 valence electrons. The maximum absolute atomic E-state index is 12.5. The summed E-state index contributed by atoms with van der Waals surface area (Å²) in [5.74, 6) is -0.524. The smallest absolute Gasteiger partial charge is 0.190 e. The molecule has 2 aromatic carbocycles. The van der Waals surface area contributed by atoms with Crippen LogP contribution in [0.3, 0.4) is 0 Å². The molecule has 0 aliphatic heterocycles. The van der Waals surface area contributed by atoms with Gasteiger partial charge in [-0.25, -0.2) is 0 Å². The molecule has 0 radical (unpaired) electrons. The van der Waals surface area contributed by atoms with Gasteiger partial charge in [-0.3, -0.25) is 9.59 Å². The number of benzene rings is 2. The van der Waals surface area contributed by atoms with Crippen molar-refractivity contribution in [3.63, 3.8) is 0 Å². The number of hydrogen-bond donors (Lipinski definition) is 3. The quantitative estimate of drug-likeness (QED) is 0.643. The number of methoxy groups -OCH3 is 1. The van der Waals surface area contributed by atoms with E-state index in [2.05, 4.69) is 4.98 Å². The van der Waals surface area contributed by atoms with E-state index in [1.54, 1.807) is 12.1 Å². The number of aromatic hydroxyl groups is 2. The lowest BCUT2D eigenvalue weighted by atomic mass is 10.0. The molecule has 0 saturated carbocycles. The summed E-state index contributed by atoms with van der Waals surface area (Å²) < 4.78 is 5.20. The number of hydrogen-bond acceptors (Lipinski definition) is 5. The first-order valence-corrected chi connectivity index (χ1v) is 7.19. The molecule has 0 amide bonds. The Hall–Kier alpha value is -3.28. The maximum atomic E-state index is 12.5. The number of aromatic amines is 1. The zero-order valence-corrected chi connectivity index (χ0v) is 13.1. The van der Waals surface area contributed by atoms with Crippen molar-refractivity contribution in [2.45, 2.75) is 6.92 Å². The minimum absolute atomic E-state index is 0.0298. The second-order valence-corrected chi connectivity index (χ2v) is 5.38. The van der Waals surface area contributed by atoms with Gasteiger partial charge in [0, 0.05) is 11.8 Å². The Labute approximate surface area is 137 Å². The summed E-state index contributed by atoms with van der Waals surface area (Å²) in [5.41, 5.74) is 1.20. The average Bonchev–Trinajstić information content (AvgIpc) is 2.54. The SMILES string of the molecule is COc1c(O)c(C(C)=O)cc2c(=O)cc(-c3ccc(O)cc3)[nH]c12. The van der Waals surface area contributed by atoms with Gasteiger partial charge < -0.3 is 19.9 Å². The maximum Gasteiger partial charge on any atom is 0.190 e. The fourth-order valence-corrected chi connectivity index (χ4v) is 2.61. The van der Waals surface area contributed by atoms with E-state index in [1.807, 2.05) is 0 Å². The number of aromatic nitrogens is 1. The Morgan fingerprint density at radius 1 is 1.12 bits per heavy atom. The van der Waals surface area contributed by atoms with Gasteiger partial charge in [0.05, 0.1) is 23.6 Å². The molecule has 3 N–H and O–H groups in total. The van der Waals surface area contributed by atoms with Crippen LogP contribution in [0.2, 0.25) is 0 Å². The second kappa shape index (κ2) is 5.73. The van der Waals surface area contributed by atoms with E-state index in [-0.39, 0.29) is 39.4 Å². The molecule has 6 heteroatoms. The monoisotopic (exact) mass is 325 g/mol. The Balaban J connectivity index is 2.35. The number of carbonyl (C=O) groups excluding carboxylic acids is 1. The molecule has 3 aromatic rings. The van der Waals surface area contributed by atoms with Crippen molar-refractivity contribution in [3.8, 4) is 28.5 Å². The number of ketones is 1. The van der Waals surface area contributed by atoms with Crippen LogP contribution in [0.4, 0.5) is 0 Å². The van der Waals surface area contributed by atoms with Gasteiger partial charge in [-0.1, -0.05) is 0 Å². The van der Waals surface area contributed by atoms with Gasteiger partial charge in [0.2, 0.25) is 0 Å². The van der Waals surface area contributed by atoms with Crippen molar-refractivity contribution in [2.75, 3.05) is 7.11 Å². The second-order valence-electron chi connectivity index (χ2n) is 5.38. The van der Waals surface area contributed by atoms with Gasteiger partial charge in [0.1, 0.15) is 5.75 Å². The molecule has 0 fully saturated rings. The van der Waals surface area contributed by atoms with Gasteiger partial charge in [0.25, 0.3) is 0 Å². The topological polar surface area (TPSA) is 99.6 Å². The van der Waals surface area contributed by atoms with Crippen LogP contribution in [0.5, 0.6) is 17.2 Å². The lowest BCUT2D eigenvalue weighted by molar-refractivity contribution is 0.101. The Morgan fingerprint density at radius 3 is 2.38 bits per heavy atom. The van der Waals surface area contributed by atoms with E-state index in [0.717, 1.165) is 0 Å². The van der Waals surface area contributed by atoms with Crippen LogP contribution in [-0.2, 0) is 0 Å². The standard InChI is InChI=1S/C18H15NO5/c1-9(20)12-7-13-15(22)8-14(10-3-5-11(21)6-4-10)19-16(13)18(24-2)17(12)23/h3-8,21,23H,1-2H3,(H,19,22). The third-order valence-electron chi connectivity index (χ3n) is 3.82. The van der Waals surface area contributed by atoms with Crippen molar-refractivity contribution in [1.29, 1.82) is 0 Å². The number of phenolic OH excluding ortho intramolecular Hbond substituents is 2. The number of pyridine rings is 1. The molecule has 1 heterocycles. The minimum Gasteiger partial charge on any atom is -0.508 e. The van der Waals surface area contributed by atoms with Gasteiger partial charge in [-0.15, -0.1) is 0 Å². The molecule has 0 aliphatic carbocycles. The fraction of sp³-hybridized carbons (Fsp3) is 0.111. The van der Waals surface area contributed by atoms with Crippen molar-refractivity contribution < 1.29 is 19.7 Å². The Morgan fingerprint density at radius 2 is 1.79 bits per heavy atom. The highest BCUT2D eigenvalue weighted by atomic mass is 16.5. The van der Waals surface area contributed by atoms with Crippen LogP contribution in [0.25, 0.3) is 22.2 Å². The predicted molar refractivity (Wildman–Crippen MR) is 89.9 cm³/mol. The largest absolute Gasteiger partial charge is 0.508 e. The third-order valence-corrected chi connectivity index (χ3v) is 3.82. The molecule has 0 spiro atoms. The van der Waals surface area contributed by atoms with Crippen molar-refractivity contribution in [3.05, 3.63) is 52.2 Å². The van der Waals surface area contributed by atoms with Gasteiger partial charge in [-0.05, 0) is 42.8 Å². The Bertz CT molecular complexity index is 1000. The van der Waals surface area contributed by atoms with E-state index in [9.17, 15) is 19.8 Å². The van der Waals surface area contributed by atoms with E-state index in [1.165, 1.54) is 38.3 Å². The molecule has 1 aromatic heterocycles. The number of H-pyrrole nitrogens is 1. The molecule has 0 atom stereocenters. The van der Waals surface area contributed by atoms with E-state index >= 15 is 0 Å². The normalized spacial score (nSPS) is 10.8. The predicted octanol–water partition coefficient (Wildman–Crippen LogP) is 2.82. The number of Topliss-reactive ketones (excluding diaryl/α,β-unsaturated/α-hetero) is 1.